The predicted molar refractivity (Wildman–Crippen MR) is 68.9 cm³/mol. The number of nitrogens with one attached hydrogen (secondary N) is 1. The van der Waals surface area contributed by atoms with Crippen LogP contribution in [0.2, 0.25) is 0 Å². The minimum atomic E-state index is -0.184. The van der Waals surface area contributed by atoms with E-state index in [-0.39, 0.29) is 5.91 Å². The van der Waals surface area contributed by atoms with E-state index >= 15 is 0 Å². The fourth-order valence-electron chi connectivity index (χ4n) is 1.38. The highest BCUT2D eigenvalue weighted by Gasteiger charge is 2.06. The normalized spacial score (nSPS) is 10.2. The Bertz CT molecular complexity index is 519. The Morgan fingerprint density at radius 1 is 1.41 bits per heavy atom. The number of hydrogen-bond acceptors (Lipinski definition) is 4. The van der Waals surface area contributed by atoms with Crippen molar-refractivity contribution in [2.75, 3.05) is 5.73 Å². The van der Waals surface area contributed by atoms with Crippen LogP contribution in [0.15, 0.2) is 30.5 Å². The molecule has 0 aliphatic carbocycles. The van der Waals surface area contributed by atoms with Gasteiger partial charge in [0.05, 0.1) is 18.4 Å². The van der Waals surface area contributed by atoms with Crippen LogP contribution in [0.25, 0.3) is 0 Å². The minimum Gasteiger partial charge on any atom is -0.397 e. The number of carbonyl (C=O) groups excluding carboxylic acids is 1. The lowest BCUT2D eigenvalue weighted by Gasteiger charge is -2.02. The van der Waals surface area contributed by atoms with Crippen molar-refractivity contribution in [1.29, 1.82) is 0 Å². The molecule has 17 heavy (non-hydrogen) atoms. The molecule has 88 valence electrons. The van der Waals surface area contributed by atoms with E-state index < -0.39 is 0 Å². The maximum Gasteiger partial charge on any atom is 0.270 e. The molecule has 5 heteroatoms. The number of rotatable bonds is 3. The SMILES string of the molecule is Cc1ccc(CNC(=O)c2ccc(N)cn2)s1. The third-order valence-corrected chi connectivity index (χ3v) is 3.24. The van der Waals surface area contributed by atoms with E-state index in [1.54, 1.807) is 23.5 Å². The van der Waals surface area contributed by atoms with Crippen LogP contribution in [0.3, 0.4) is 0 Å². The summed E-state index contributed by atoms with van der Waals surface area (Å²) in [5.74, 6) is -0.184. The van der Waals surface area contributed by atoms with Gasteiger partial charge in [0.25, 0.3) is 5.91 Å². The number of aromatic nitrogens is 1. The average Bonchev–Trinajstić information content (AvgIpc) is 2.73. The van der Waals surface area contributed by atoms with Gasteiger partial charge in [0, 0.05) is 9.75 Å². The topological polar surface area (TPSA) is 68.0 Å². The first-order chi connectivity index (χ1) is 8.15. The summed E-state index contributed by atoms with van der Waals surface area (Å²) in [6.07, 6.45) is 1.48. The first-order valence-electron chi connectivity index (χ1n) is 5.20. The summed E-state index contributed by atoms with van der Waals surface area (Å²) in [5, 5.41) is 2.82. The number of hydrogen-bond donors (Lipinski definition) is 2. The number of carbonyl (C=O) groups is 1. The van der Waals surface area contributed by atoms with E-state index in [9.17, 15) is 4.79 Å². The van der Waals surface area contributed by atoms with Gasteiger partial charge in [-0.2, -0.15) is 0 Å². The van der Waals surface area contributed by atoms with E-state index in [2.05, 4.69) is 10.3 Å². The number of anilines is 1. The van der Waals surface area contributed by atoms with Crippen LogP contribution in [0, 0.1) is 6.92 Å². The van der Waals surface area contributed by atoms with Gasteiger partial charge in [-0.05, 0) is 31.2 Å². The van der Waals surface area contributed by atoms with Crippen LogP contribution >= 0.6 is 11.3 Å². The number of nitrogen functional groups attached to an aromatic ring is 1. The number of nitrogens with two attached hydrogens (primary N) is 1. The van der Waals surface area contributed by atoms with E-state index in [1.165, 1.54) is 11.1 Å². The molecule has 0 aliphatic rings. The van der Waals surface area contributed by atoms with Crippen LogP contribution in [0.1, 0.15) is 20.2 Å². The molecule has 2 aromatic heterocycles. The molecule has 0 spiro atoms. The van der Waals surface area contributed by atoms with Crippen molar-refractivity contribution in [3.05, 3.63) is 45.9 Å². The Balaban J connectivity index is 1.95. The molecule has 2 aromatic rings. The maximum absolute atomic E-state index is 11.7. The summed E-state index contributed by atoms with van der Waals surface area (Å²) >= 11 is 1.67. The number of amides is 1. The highest BCUT2D eigenvalue weighted by molar-refractivity contribution is 7.11. The molecule has 0 aliphatic heterocycles. The minimum absolute atomic E-state index is 0.184. The van der Waals surface area contributed by atoms with Gasteiger partial charge in [0.2, 0.25) is 0 Å². The predicted octanol–water partition coefficient (Wildman–Crippen LogP) is 1.96. The number of nitrogens with zero attached hydrogens (tertiary/aromatic N) is 1. The molecule has 0 unspecified atom stereocenters. The van der Waals surface area contributed by atoms with E-state index in [1.807, 2.05) is 19.1 Å². The Hall–Kier alpha value is -1.88. The van der Waals surface area contributed by atoms with Gasteiger partial charge in [0.1, 0.15) is 5.69 Å². The first-order valence-corrected chi connectivity index (χ1v) is 6.02. The number of thiophene rings is 1. The molecule has 0 saturated heterocycles. The van der Waals surface area contributed by atoms with Gasteiger partial charge < -0.3 is 11.1 Å². The average molecular weight is 247 g/mol. The van der Waals surface area contributed by atoms with Gasteiger partial charge >= 0.3 is 0 Å². The molecule has 0 saturated carbocycles. The molecule has 0 aromatic carbocycles. The van der Waals surface area contributed by atoms with Crippen molar-refractivity contribution in [3.8, 4) is 0 Å². The van der Waals surface area contributed by atoms with Gasteiger partial charge in [0.15, 0.2) is 0 Å². The van der Waals surface area contributed by atoms with Crippen molar-refractivity contribution >= 4 is 22.9 Å². The molecule has 0 radical (unpaired) electrons. The highest BCUT2D eigenvalue weighted by atomic mass is 32.1. The highest BCUT2D eigenvalue weighted by Crippen LogP contribution is 2.14. The third kappa shape index (κ3) is 3.04. The summed E-state index contributed by atoms with van der Waals surface area (Å²) in [6.45, 7) is 2.57. The molecule has 1 amide bonds. The van der Waals surface area contributed by atoms with E-state index in [0.29, 0.717) is 17.9 Å². The number of pyridine rings is 1. The summed E-state index contributed by atoms with van der Waals surface area (Å²) in [5.41, 5.74) is 6.44. The Morgan fingerprint density at radius 2 is 2.24 bits per heavy atom. The zero-order chi connectivity index (χ0) is 12.3. The Kier molecular flexibility index (Phi) is 3.39. The molecule has 0 bridgehead atoms. The second-order valence-corrected chi connectivity index (χ2v) is 5.04. The summed E-state index contributed by atoms with van der Waals surface area (Å²) < 4.78 is 0. The monoisotopic (exact) mass is 247 g/mol. The lowest BCUT2D eigenvalue weighted by Crippen LogP contribution is -2.23. The zero-order valence-electron chi connectivity index (χ0n) is 9.43. The molecule has 0 atom stereocenters. The van der Waals surface area contributed by atoms with E-state index in [0.717, 1.165) is 4.88 Å². The van der Waals surface area contributed by atoms with Gasteiger partial charge in [-0.15, -0.1) is 11.3 Å². The van der Waals surface area contributed by atoms with Crippen LogP contribution in [0.4, 0.5) is 5.69 Å². The second-order valence-electron chi connectivity index (χ2n) is 3.67. The standard InChI is InChI=1S/C12H13N3OS/c1-8-2-4-10(17-8)7-15-12(16)11-5-3-9(13)6-14-11/h2-6H,7,13H2,1H3,(H,15,16). The second kappa shape index (κ2) is 4.97. The molecule has 0 fully saturated rings. The summed E-state index contributed by atoms with van der Waals surface area (Å²) in [4.78, 5) is 18.1. The fraction of sp³-hybridized carbons (Fsp3) is 0.167. The van der Waals surface area contributed by atoms with Crippen molar-refractivity contribution < 1.29 is 4.79 Å². The molecule has 3 N–H and O–H groups in total. The van der Waals surface area contributed by atoms with Crippen molar-refractivity contribution in [2.45, 2.75) is 13.5 Å². The maximum atomic E-state index is 11.7. The van der Waals surface area contributed by atoms with Crippen LogP contribution in [-0.4, -0.2) is 10.9 Å². The Labute approximate surface area is 103 Å². The van der Waals surface area contributed by atoms with Crippen molar-refractivity contribution in [2.24, 2.45) is 0 Å². The zero-order valence-corrected chi connectivity index (χ0v) is 10.3. The van der Waals surface area contributed by atoms with Crippen LogP contribution in [-0.2, 0) is 6.54 Å². The molecular weight excluding hydrogens is 234 g/mol. The lowest BCUT2D eigenvalue weighted by atomic mass is 10.3. The van der Waals surface area contributed by atoms with E-state index in [4.69, 9.17) is 5.73 Å². The lowest BCUT2D eigenvalue weighted by molar-refractivity contribution is 0.0946. The first kappa shape index (κ1) is 11.6. The third-order valence-electron chi connectivity index (χ3n) is 2.24. The fourth-order valence-corrected chi connectivity index (χ4v) is 2.21. The smallest absolute Gasteiger partial charge is 0.270 e. The largest absolute Gasteiger partial charge is 0.397 e. The molecular formula is C12H13N3OS. The van der Waals surface area contributed by atoms with Gasteiger partial charge in [-0.25, -0.2) is 4.98 Å². The van der Waals surface area contributed by atoms with Crippen molar-refractivity contribution in [1.82, 2.24) is 10.3 Å². The molecule has 2 rings (SSSR count). The molecule has 2 heterocycles. The summed E-state index contributed by atoms with van der Waals surface area (Å²) in [7, 11) is 0. The van der Waals surface area contributed by atoms with Crippen LogP contribution in [0.5, 0.6) is 0 Å². The van der Waals surface area contributed by atoms with Crippen LogP contribution < -0.4 is 11.1 Å². The van der Waals surface area contributed by atoms with Crippen molar-refractivity contribution in [3.63, 3.8) is 0 Å². The molecule has 4 nitrogen and oxygen atoms in total. The Morgan fingerprint density at radius 3 is 2.82 bits per heavy atom. The number of aryl methyl sites for hydroxylation is 1. The summed E-state index contributed by atoms with van der Waals surface area (Å²) in [6, 6.07) is 7.33. The quantitative estimate of drug-likeness (QED) is 0.871. The van der Waals surface area contributed by atoms with Gasteiger partial charge in [-0.1, -0.05) is 0 Å². The van der Waals surface area contributed by atoms with Gasteiger partial charge in [-0.3, -0.25) is 4.79 Å².